The molecule has 0 heterocycles. The molecule has 0 aromatic heterocycles. The average molecular weight is 821 g/mol. The normalized spacial score (nSPS) is 11.1. The first-order chi connectivity index (χ1) is 29.3. The van der Waals surface area contributed by atoms with E-state index in [0.717, 1.165) is 79.7 Å². The third-order valence-corrected chi connectivity index (χ3v) is 9.72. The molecule has 1 aliphatic rings. The van der Waals surface area contributed by atoms with Gasteiger partial charge in [0.25, 0.3) is 0 Å². The van der Waals surface area contributed by atoms with Crippen molar-refractivity contribution in [2.24, 2.45) is 0 Å². The minimum absolute atomic E-state index is 0. The maximum absolute atomic E-state index is 3.44. The SMILES string of the molecule is C.C.CNc1ccc(Nc2ccc(Nc3ccc(Nc4ccc(C)cc4)cc3)cc2)cc1.CNc1ccc(Nc2ccc([NH+]=C3C=CC(=[NH+]c4ccc(C)cc4)C=C3)cc2)cc1. The van der Waals surface area contributed by atoms with E-state index in [0.29, 0.717) is 0 Å². The zero-order valence-corrected chi connectivity index (χ0v) is 34.5. The van der Waals surface area contributed by atoms with Crippen LogP contribution in [0.2, 0.25) is 0 Å². The summed E-state index contributed by atoms with van der Waals surface area (Å²) in [7, 11) is 3.84. The Morgan fingerprint density at radius 1 is 0.274 bits per heavy atom. The standard InChI is InChI=1S/C26H26N4.C26H24N4.2CH4/c2*1-19-3-5-21(6-4-19)28-23-11-13-25(14-12-23)30-26-17-15-24(16-18-26)29-22-9-7-20(27-2)8-10-22;;/h3-18,27-30H,1-2H3;3-18,27,29H,1-2H3;2*1H4/p+2. The first-order valence-electron chi connectivity index (χ1n) is 20.1. The highest BCUT2D eigenvalue weighted by Gasteiger charge is 2.10. The van der Waals surface area contributed by atoms with Gasteiger partial charge in [0.15, 0.2) is 0 Å². The van der Waals surface area contributed by atoms with Crippen molar-refractivity contribution in [3.05, 3.63) is 205 Å². The van der Waals surface area contributed by atoms with Gasteiger partial charge >= 0.3 is 0 Å². The number of aryl methyl sites for hydroxylation is 2. The number of allylic oxidation sites excluding steroid dienone is 4. The summed E-state index contributed by atoms with van der Waals surface area (Å²) in [4.78, 5) is 6.86. The van der Waals surface area contributed by atoms with Gasteiger partial charge in [0, 0.05) is 120 Å². The van der Waals surface area contributed by atoms with Crippen LogP contribution in [-0.4, -0.2) is 25.5 Å². The Kier molecular flexibility index (Phi) is 16.4. The zero-order valence-electron chi connectivity index (χ0n) is 34.5. The van der Waals surface area contributed by atoms with Crippen molar-refractivity contribution in [3.63, 3.8) is 0 Å². The quantitative estimate of drug-likeness (QED) is 0.0585. The van der Waals surface area contributed by atoms with Crippen molar-refractivity contribution in [1.29, 1.82) is 0 Å². The van der Waals surface area contributed by atoms with Gasteiger partial charge in [0.2, 0.25) is 22.8 Å². The van der Waals surface area contributed by atoms with E-state index in [9.17, 15) is 0 Å². The summed E-state index contributed by atoms with van der Waals surface area (Å²) < 4.78 is 0. The highest BCUT2D eigenvalue weighted by atomic mass is 14.9. The molecule has 0 unspecified atom stereocenters. The van der Waals surface area contributed by atoms with Crippen LogP contribution in [0, 0.1) is 13.8 Å². The monoisotopic (exact) mass is 820 g/mol. The van der Waals surface area contributed by atoms with Crippen LogP contribution in [-0.2, 0) is 0 Å². The molecule has 8 heteroatoms. The third kappa shape index (κ3) is 13.6. The highest BCUT2D eigenvalue weighted by Crippen LogP contribution is 2.25. The minimum Gasteiger partial charge on any atom is -0.388 e. The molecule has 7 aromatic rings. The van der Waals surface area contributed by atoms with Crippen LogP contribution in [0.1, 0.15) is 26.0 Å². The highest BCUT2D eigenvalue weighted by molar-refractivity contribution is 6.14. The van der Waals surface area contributed by atoms with Crippen LogP contribution in [0.25, 0.3) is 0 Å². The lowest BCUT2D eigenvalue weighted by Gasteiger charge is -2.11. The second kappa shape index (κ2) is 22.5. The lowest BCUT2D eigenvalue weighted by atomic mass is 10.1. The van der Waals surface area contributed by atoms with Gasteiger partial charge in [0.05, 0.1) is 0 Å². The van der Waals surface area contributed by atoms with Crippen LogP contribution < -0.4 is 41.9 Å². The first kappa shape index (κ1) is 45.2. The van der Waals surface area contributed by atoms with Gasteiger partial charge in [-0.2, -0.15) is 0 Å². The van der Waals surface area contributed by atoms with Gasteiger partial charge in [-0.3, -0.25) is 0 Å². The van der Waals surface area contributed by atoms with Crippen molar-refractivity contribution in [3.8, 4) is 0 Å². The fourth-order valence-electron chi connectivity index (χ4n) is 6.26. The molecule has 0 atom stereocenters. The number of nitrogens with one attached hydrogen (secondary N) is 8. The number of rotatable bonds is 12. The van der Waals surface area contributed by atoms with Crippen molar-refractivity contribution < 1.29 is 9.98 Å². The van der Waals surface area contributed by atoms with Crippen molar-refractivity contribution in [2.75, 3.05) is 46.0 Å². The summed E-state index contributed by atoms with van der Waals surface area (Å²) in [6.07, 6.45) is 8.30. The van der Waals surface area contributed by atoms with E-state index in [1.165, 1.54) is 11.1 Å². The molecule has 0 saturated heterocycles. The van der Waals surface area contributed by atoms with Crippen LogP contribution in [0.5, 0.6) is 0 Å². The van der Waals surface area contributed by atoms with Crippen molar-refractivity contribution >= 4 is 79.7 Å². The molecule has 0 saturated carbocycles. The third-order valence-electron chi connectivity index (χ3n) is 9.72. The maximum Gasteiger partial charge on any atom is 0.204 e. The average Bonchev–Trinajstić information content (AvgIpc) is 3.29. The molecule has 8 nitrogen and oxygen atoms in total. The first-order valence-corrected chi connectivity index (χ1v) is 20.1. The second-order valence-electron chi connectivity index (χ2n) is 14.4. The van der Waals surface area contributed by atoms with Crippen LogP contribution in [0.3, 0.4) is 0 Å². The van der Waals surface area contributed by atoms with E-state index in [-0.39, 0.29) is 14.9 Å². The van der Waals surface area contributed by atoms with E-state index in [2.05, 4.69) is 250 Å². The molecule has 0 spiro atoms. The molecular weight excluding hydrogens is 761 g/mol. The van der Waals surface area contributed by atoms with Crippen molar-refractivity contribution in [1.82, 2.24) is 0 Å². The molecule has 0 aliphatic heterocycles. The fraction of sp³-hybridized carbons (Fsp3) is 0.111. The summed E-state index contributed by atoms with van der Waals surface area (Å²) >= 11 is 0. The molecule has 7 aromatic carbocycles. The molecule has 1 aliphatic carbocycles. The van der Waals surface area contributed by atoms with Crippen LogP contribution in [0.4, 0.5) is 68.2 Å². The Bertz CT molecular complexity index is 2540. The summed E-state index contributed by atoms with van der Waals surface area (Å²) in [5.41, 5.74) is 17.4. The molecule has 8 rings (SSSR count). The smallest absolute Gasteiger partial charge is 0.204 e. The largest absolute Gasteiger partial charge is 0.388 e. The predicted molar refractivity (Wildman–Crippen MR) is 270 cm³/mol. The minimum atomic E-state index is 0. The fourth-order valence-corrected chi connectivity index (χ4v) is 6.26. The molecule has 0 fully saturated rings. The summed E-state index contributed by atoms with van der Waals surface area (Å²) in [5, 5.41) is 19.9. The molecular formula is C54H60N8+2. The predicted octanol–water partition coefficient (Wildman–Crippen LogP) is 11.5. The number of hydrogen-bond donors (Lipinski definition) is 8. The summed E-state index contributed by atoms with van der Waals surface area (Å²) in [6.45, 7) is 4.18. The van der Waals surface area contributed by atoms with Gasteiger partial charge in [0.1, 0.15) is 0 Å². The Hall–Kier alpha value is -7.84. The number of hydrogen-bond acceptors (Lipinski definition) is 6. The Morgan fingerprint density at radius 2 is 0.468 bits per heavy atom. The lowest BCUT2D eigenvalue weighted by molar-refractivity contribution is -0.353. The lowest BCUT2D eigenvalue weighted by Crippen LogP contribution is -2.68. The molecule has 314 valence electrons. The van der Waals surface area contributed by atoms with Crippen LogP contribution >= 0.6 is 0 Å². The topological polar surface area (TPSA) is 100 Å². The number of anilines is 10. The van der Waals surface area contributed by atoms with Gasteiger partial charge in [-0.15, -0.1) is 0 Å². The molecule has 0 radical (unpaired) electrons. The summed E-state index contributed by atoms with van der Waals surface area (Å²) in [5.74, 6) is 0. The van der Waals surface area contributed by atoms with Gasteiger partial charge < -0.3 is 31.9 Å². The Labute approximate surface area is 368 Å². The zero-order chi connectivity index (χ0) is 41.5. The molecule has 8 N–H and O–H groups in total. The Morgan fingerprint density at radius 3 is 0.726 bits per heavy atom. The molecule has 62 heavy (non-hydrogen) atoms. The van der Waals surface area contributed by atoms with E-state index < -0.39 is 0 Å². The molecule has 0 bridgehead atoms. The Balaban J connectivity index is 0.000000227. The van der Waals surface area contributed by atoms with E-state index in [1.54, 1.807) is 0 Å². The van der Waals surface area contributed by atoms with E-state index in [4.69, 9.17) is 0 Å². The summed E-state index contributed by atoms with van der Waals surface area (Å²) in [6, 6.07) is 58.1. The van der Waals surface area contributed by atoms with E-state index in [1.807, 2.05) is 14.1 Å². The van der Waals surface area contributed by atoms with Crippen molar-refractivity contribution in [2.45, 2.75) is 28.7 Å². The maximum atomic E-state index is 3.44. The van der Waals surface area contributed by atoms with Gasteiger partial charge in [-0.1, -0.05) is 50.2 Å². The van der Waals surface area contributed by atoms with E-state index >= 15 is 0 Å². The number of benzene rings is 7. The second-order valence-corrected chi connectivity index (χ2v) is 14.4. The van der Waals surface area contributed by atoms with Gasteiger partial charge in [-0.25, -0.2) is 9.98 Å². The van der Waals surface area contributed by atoms with Gasteiger partial charge in [-0.05, 0) is 135 Å². The molecule has 0 amide bonds. The van der Waals surface area contributed by atoms with Crippen LogP contribution in [0.15, 0.2) is 194 Å².